The predicted molar refractivity (Wildman–Crippen MR) is 68.6 cm³/mol. The summed E-state index contributed by atoms with van der Waals surface area (Å²) in [7, 11) is 0. The highest BCUT2D eigenvalue weighted by Gasteiger charge is 2.22. The van der Waals surface area contributed by atoms with Gasteiger partial charge in [0.25, 0.3) is 0 Å². The molecule has 3 N–H and O–H groups in total. The molecule has 0 spiro atoms. The molecule has 0 aromatic heterocycles. The Hall–Kier alpha value is -1.35. The minimum atomic E-state index is -0.367. The highest BCUT2D eigenvalue weighted by atomic mass is 16.1. The molecule has 3 nitrogen and oxygen atoms in total. The van der Waals surface area contributed by atoms with E-state index in [9.17, 15) is 4.79 Å². The fourth-order valence-corrected chi connectivity index (χ4v) is 2.48. The Balaban J connectivity index is 1.88. The van der Waals surface area contributed by atoms with Gasteiger partial charge in [-0.2, -0.15) is 0 Å². The monoisotopic (exact) mass is 232 g/mol. The second kappa shape index (κ2) is 5.32. The first-order chi connectivity index (χ1) is 8.16. The Kier molecular flexibility index (Phi) is 3.79. The van der Waals surface area contributed by atoms with Gasteiger partial charge in [-0.3, -0.25) is 4.79 Å². The lowest BCUT2D eigenvalue weighted by molar-refractivity contribution is 0.100. The minimum absolute atomic E-state index is 0.367. The molecule has 1 saturated carbocycles. The minimum Gasteiger partial charge on any atom is -0.366 e. The van der Waals surface area contributed by atoms with Crippen molar-refractivity contribution in [1.82, 2.24) is 5.32 Å². The third kappa shape index (κ3) is 3.07. The fourth-order valence-electron chi connectivity index (χ4n) is 2.48. The first kappa shape index (κ1) is 12.1. The van der Waals surface area contributed by atoms with E-state index in [4.69, 9.17) is 5.73 Å². The molecule has 3 heteroatoms. The molecule has 0 aliphatic heterocycles. The lowest BCUT2D eigenvalue weighted by Gasteiger charge is -2.17. The van der Waals surface area contributed by atoms with Crippen LogP contribution in [-0.4, -0.2) is 11.9 Å². The van der Waals surface area contributed by atoms with E-state index in [0.29, 0.717) is 11.6 Å². The molecule has 1 aliphatic carbocycles. The van der Waals surface area contributed by atoms with Crippen LogP contribution in [0.2, 0.25) is 0 Å². The van der Waals surface area contributed by atoms with Crippen LogP contribution in [0.25, 0.3) is 0 Å². The summed E-state index contributed by atoms with van der Waals surface area (Å²) in [5.41, 5.74) is 6.98. The maximum absolute atomic E-state index is 10.9. The molecule has 1 fully saturated rings. The first-order valence-electron chi connectivity index (χ1n) is 6.29. The van der Waals surface area contributed by atoms with E-state index in [-0.39, 0.29) is 5.91 Å². The molecule has 0 bridgehead atoms. The number of benzene rings is 1. The van der Waals surface area contributed by atoms with E-state index in [2.05, 4.69) is 12.2 Å². The maximum atomic E-state index is 10.9. The number of rotatable bonds is 4. The molecule has 1 aromatic rings. The van der Waals surface area contributed by atoms with Crippen LogP contribution >= 0.6 is 0 Å². The van der Waals surface area contributed by atoms with Gasteiger partial charge in [-0.15, -0.1) is 0 Å². The molecule has 2 atom stereocenters. The van der Waals surface area contributed by atoms with Gasteiger partial charge in [0.15, 0.2) is 0 Å². The molecule has 0 radical (unpaired) electrons. The summed E-state index contributed by atoms with van der Waals surface area (Å²) in [4.78, 5) is 10.9. The first-order valence-corrected chi connectivity index (χ1v) is 6.29. The van der Waals surface area contributed by atoms with Gasteiger partial charge in [0.1, 0.15) is 0 Å². The van der Waals surface area contributed by atoms with Crippen LogP contribution < -0.4 is 11.1 Å². The number of hydrogen-bond acceptors (Lipinski definition) is 2. The molecule has 0 saturated heterocycles. The van der Waals surface area contributed by atoms with Crippen LogP contribution in [0.3, 0.4) is 0 Å². The lowest BCUT2D eigenvalue weighted by Crippen LogP contribution is -2.30. The van der Waals surface area contributed by atoms with Crippen molar-refractivity contribution in [2.24, 2.45) is 11.7 Å². The number of carbonyl (C=O) groups excluding carboxylic acids is 1. The van der Waals surface area contributed by atoms with Crippen molar-refractivity contribution >= 4 is 5.91 Å². The van der Waals surface area contributed by atoms with Crippen LogP contribution in [0.1, 0.15) is 42.1 Å². The largest absolute Gasteiger partial charge is 0.366 e. The Morgan fingerprint density at radius 1 is 1.35 bits per heavy atom. The third-order valence-electron chi connectivity index (χ3n) is 3.67. The van der Waals surface area contributed by atoms with Crippen LogP contribution in [0, 0.1) is 5.92 Å². The van der Waals surface area contributed by atoms with E-state index in [1.807, 2.05) is 12.1 Å². The topological polar surface area (TPSA) is 55.1 Å². The van der Waals surface area contributed by atoms with Gasteiger partial charge in [-0.1, -0.05) is 25.5 Å². The molecule has 17 heavy (non-hydrogen) atoms. The van der Waals surface area contributed by atoms with Crippen LogP contribution in [-0.2, 0) is 6.54 Å². The molecule has 2 unspecified atom stereocenters. The van der Waals surface area contributed by atoms with Crippen molar-refractivity contribution < 1.29 is 4.79 Å². The molecular weight excluding hydrogens is 212 g/mol. The van der Waals surface area contributed by atoms with Crippen molar-refractivity contribution in [2.45, 2.75) is 38.8 Å². The van der Waals surface area contributed by atoms with Gasteiger partial charge >= 0.3 is 0 Å². The van der Waals surface area contributed by atoms with E-state index >= 15 is 0 Å². The third-order valence-corrected chi connectivity index (χ3v) is 3.67. The van der Waals surface area contributed by atoms with E-state index in [1.54, 1.807) is 12.1 Å². The molecule has 1 aliphatic rings. The van der Waals surface area contributed by atoms with Gasteiger partial charge < -0.3 is 11.1 Å². The molecule has 0 heterocycles. The molecule has 2 rings (SSSR count). The molecule has 92 valence electrons. The van der Waals surface area contributed by atoms with Crippen LogP contribution in [0.5, 0.6) is 0 Å². The van der Waals surface area contributed by atoms with E-state index in [0.717, 1.165) is 12.5 Å². The average Bonchev–Trinajstić information content (AvgIpc) is 2.73. The summed E-state index contributed by atoms with van der Waals surface area (Å²) >= 11 is 0. The zero-order valence-corrected chi connectivity index (χ0v) is 10.3. The lowest BCUT2D eigenvalue weighted by atomic mass is 10.1. The summed E-state index contributed by atoms with van der Waals surface area (Å²) in [6.45, 7) is 3.18. The predicted octanol–water partition coefficient (Wildman–Crippen LogP) is 2.06. The smallest absolute Gasteiger partial charge is 0.248 e. The average molecular weight is 232 g/mol. The van der Waals surface area contributed by atoms with Crippen molar-refractivity contribution in [3.8, 4) is 0 Å². The molecular formula is C14H20N2O. The standard InChI is InChI=1S/C14H20N2O/c1-10-3-2-4-13(10)16-9-11-5-7-12(8-6-11)14(15)17/h5-8,10,13,16H,2-4,9H2,1H3,(H2,15,17). The van der Waals surface area contributed by atoms with Crippen molar-refractivity contribution in [3.05, 3.63) is 35.4 Å². The number of nitrogens with one attached hydrogen (secondary N) is 1. The SMILES string of the molecule is CC1CCCC1NCc1ccc(C(N)=O)cc1. The Bertz CT molecular complexity index is 386. The molecule has 1 amide bonds. The fraction of sp³-hybridized carbons (Fsp3) is 0.500. The van der Waals surface area contributed by atoms with Crippen molar-refractivity contribution in [1.29, 1.82) is 0 Å². The summed E-state index contributed by atoms with van der Waals surface area (Å²) in [6, 6.07) is 8.15. The zero-order valence-electron chi connectivity index (χ0n) is 10.3. The number of primary amides is 1. The van der Waals surface area contributed by atoms with Gasteiger partial charge in [0, 0.05) is 18.2 Å². The van der Waals surface area contributed by atoms with Gasteiger partial charge in [0.2, 0.25) is 5.91 Å². The van der Waals surface area contributed by atoms with Gasteiger partial charge in [-0.05, 0) is 36.5 Å². The van der Waals surface area contributed by atoms with Crippen molar-refractivity contribution in [3.63, 3.8) is 0 Å². The summed E-state index contributed by atoms with van der Waals surface area (Å²) < 4.78 is 0. The summed E-state index contributed by atoms with van der Waals surface area (Å²) in [6.07, 6.45) is 3.94. The Morgan fingerprint density at radius 2 is 2.06 bits per heavy atom. The second-order valence-electron chi connectivity index (χ2n) is 4.96. The number of hydrogen-bond donors (Lipinski definition) is 2. The highest BCUT2D eigenvalue weighted by Crippen LogP contribution is 2.24. The van der Waals surface area contributed by atoms with E-state index < -0.39 is 0 Å². The number of nitrogens with two attached hydrogens (primary N) is 1. The Morgan fingerprint density at radius 3 is 2.59 bits per heavy atom. The molecule has 1 aromatic carbocycles. The van der Waals surface area contributed by atoms with E-state index in [1.165, 1.54) is 24.8 Å². The maximum Gasteiger partial charge on any atom is 0.248 e. The Labute approximate surface area is 102 Å². The van der Waals surface area contributed by atoms with Crippen molar-refractivity contribution in [2.75, 3.05) is 0 Å². The van der Waals surface area contributed by atoms with Gasteiger partial charge in [0.05, 0.1) is 0 Å². The summed E-state index contributed by atoms with van der Waals surface area (Å²) in [5.74, 6) is 0.411. The van der Waals surface area contributed by atoms with Gasteiger partial charge in [-0.25, -0.2) is 0 Å². The summed E-state index contributed by atoms with van der Waals surface area (Å²) in [5, 5.41) is 3.58. The highest BCUT2D eigenvalue weighted by molar-refractivity contribution is 5.92. The second-order valence-corrected chi connectivity index (χ2v) is 4.96. The van der Waals surface area contributed by atoms with Crippen LogP contribution in [0.15, 0.2) is 24.3 Å². The zero-order chi connectivity index (χ0) is 12.3. The normalized spacial score (nSPS) is 23.8. The number of amides is 1. The number of carbonyl (C=O) groups is 1. The van der Waals surface area contributed by atoms with Crippen LogP contribution in [0.4, 0.5) is 0 Å². The quantitative estimate of drug-likeness (QED) is 0.835.